The number of ether oxygens (including phenoxy) is 1. The summed E-state index contributed by atoms with van der Waals surface area (Å²) in [5.74, 6) is -0.248. The Morgan fingerprint density at radius 2 is 1.72 bits per heavy atom. The predicted molar refractivity (Wildman–Crippen MR) is 101 cm³/mol. The van der Waals surface area contributed by atoms with Gasteiger partial charge in [0.05, 0.1) is 12.2 Å². The molecular weight excluding hydrogens is 308 g/mol. The van der Waals surface area contributed by atoms with E-state index in [-0.39, 0.29) is 5.97 Å². The molecule has 25 heavy (non-hydrogen) atoms. The van der Waals surface area contributed by atoms with Gasteiger partial charge in [0.15, 0.2) is 0 Å². The zero-order chi connectivity index (χ0) is 17.0. The maximum atomic E-state index is 12.2. The Bertz CT molecular complexity index is 1260. The minimum atomic E-state index is -0.248. The van der Waals surface area contributed by atoms with E-state index in [9.17, 15) is 4.79 Å². The first-order valence-electron chi connectivity index (χ1n) is 8.54. The summed E-state index contributed by atoms with van der Waals surface area (Å²) in [4.78, 5) is 12.2. The second-order valence-electron chi connectivity index (χ2n) is 6.35. The van der Waals surface area contributed by atoms with Crippen LogP contribution in [0.2, 0.25) is 0 Å². The van der Waals surface area contributed by atoms with Crippen molar-refractivity contribution in [3.63, 3.8) is 0 Å². The molecule has 0 heterocycles. The van der Waals surface area contributed by atoms with Crippen LogP contribution in [-0.2, 0) is 9.53 Å². The van der Waals surface area contributed by atoms with Gasteiger partial charge in [0.25, 0.3) is 0 Å². The Labute approximate surface area is 145 Å². The molecule has 3 aromatic rings. The third-order valence-electron chi connectivity index (χ3n) is 5.04. The lowest BCUT2D eigenvalue weighted by molar-refractivity contribution is -0.138. The third-order valence-corrected chi connectivity index (χ3v) is 5.04. The summed E-state index contributed by atoms with van der Waals surface area (Å²) in [6, 6.07) is 17.2. The van der Waals surface area contributed by atoms with Gasteiger partial charge in [-0.3, -0.25) is 0 Å². The molecule has 0 spiro atoms. The molecule has 0 atom stereocenters. The first-order valence-corrected chi connectivity index (χ1v) is 8.54. The number of hydrogen-bond donors (Lipinski definition) is 0. The van der Waals surface area contributed by atoms with Crippen LogP contribution in [0, 0.1) is 0 Å². The first kappa shape index (κ1) is 14.2. The van der Waals surface area contributed by atoms with E-state index in [0.29, 0.717) is 12.2 Å². The van der Waals surface area contributed by atoms with E-state index in [2.05, 4.69) is 54.6 Å². The molecular formula is C23H16O2. The van der Waals surface area contributed by atoms with Crippen LogP contribution in [0.25, 0.3) is 33.2 Å². The molecule has 0 saturated carbocycles. The van der Waals surface area contributed by atoms with E-state index in [1.54, 1.807) is 0 Å². The SMILES string of the molecule is CCOC(=O)C1=C2C=c3c(ccc4c3ccc3ccccc34)=C2C=C1. The van der Waals surface area contributed by atoms with Gasteiger partial charge in [0, 0.05) is 0 Å². The number of benzene rings is 3. The van der Waals surface area contributed by atoms with Crippen LogP contribution in [0.3, 0.4) is 0 Å². The number of carbonyl (C=O) groups is 1. The van der Waals surface area contributed by atoms with Gasteiger partial charge in [-0.15, -0.1) is 0 Å². The molecule has 0 aliphatic heterocycles. The Balaban J connectivity index is 1.85. The zero-order valence-electron chi connectivity index (χ0n) is 13.9. The number of esters is 1. The quantitative estimate of drug-likeness (QED) is 0.534. The van der Waals surface area contributed by atoms with Crippen LogP contribution in [0.4, 0.5) is 0 Å². The van der Waals surface area contributed by atoms with Crippen LogP contribution < -0.4 is 10.4 Å². The Hall–Kier alpha value is -3.13. The average molecular weight is 324 g/mol. The molecule has 0 fully saturated rings. The molecule has 2 heteroatoms. The van der Waals surface area contributed by atoms with Crippen molar-refractivity contribution in [3.8, 4) is 0 Å². The molecule has 0 amide bonds. The smallest absolute Gasteiger partial charge is 0.338 e. The molecule has 5 rings (SSSR count). The maximum Gasteiger partial charge on any atom is 0.338 e. The summed E-state index contributed by atoms with van der Waals surface area (Å²) in [6.45, 7) is 2.22. The second-order valence-corrected chi connectivity index (χ2v) is 6.35. The van der Waals surface area contributed by atoms with E-state index in [4.69, 9.17) is 4.74 Å². The molecule has 0 unspecified atom stereocenters. The van der Waals surface area contributed by atoms with Gasteiger partial charge >= 0.3 is 5.97 Å². The second kappa shape index (κ2) is 5.18. The predicted octanol–water partition coefficient (Wildman–Crippen LogP) is 3.37. The van der Waals surface area contributed by atoms with Gasteiger partial charge in [0.2, 0.25) is 0 Å². The third kappa shape index (κ3) is 1.94. The Kier molecular flexibility index (Phi) is 2.95. The van der Waals surface area contributed by atoms with Gasteiger partial charge in [-0.2, -0.15) is 0 Å². The fraction of sp³-hybridized carbons (Fsp3) is 0.0870. The van der Waals surface area contributed by atoms with Gasteiger partial charge in [-0.05, 0) is 62.2 Å². The summed E-state index contributed by atoms with van der Waals surface area (Å²) in [5, 5.41) is 7.35. The largest absolute Gasteiger partial charge is 0.462 e. The molecule has 0 saturated heterocycles. The summed E-state index contributed by atoms with van der Waals surface area (Å²) < 4.78 is 5.20. The molecule has 2 nitrogen and oxygen atoms in total. The lowest BCUT2D eigenvalue weighted by Crippen LogP contribution is -2.23. The molecule has 0 radical (unpaired) electrons. The molecule has 2 aliphatic carbocycles. The summed E-state index contributed by atoms with van der Waals surface area (Å²) in [7, 11) is 0. The standard InChI is InChI=1S/C23H16O2/c1-2-25-23(24)20-12-11-19-18-10-9-16-15-6-4-3-5-14(15)7-8-17(16)21(18)13-22(19)20/h3-13H,2H2,1H3. The van der Waals surface area contributed by atoms with Crippen LogP contribution >= 0.6 is 0 Å². The first-order chi connectivity index (χ1) is 12.3. The normalized spacial score (nSPS) is 14.8. The van der Waals surface area contributed by atoms with Crippen molar-refractivity contribution in [2.24, 2.45) is 0 Å². The molecule has 120 valence electrons. The number of allylic oxidation sites excluding steroid dienone is 2. The van der Waals surface area contributed by atoms with E-state index in [1.165, 1.54) is 32.0 Å². The zero-order valence-corrected chi connectivity index (χ0v) is 13.9. The van der Waals surface area contributed by atoms with Crippen molar-refractivity contribution in [1.29, 1.82) is 0 Å². The monoisotopic (exact) mass is 324 g/mol. The van der Waals surface area contributed by atoms with Gasteiger partial charge < -0.3 is 4.74 Å². The summed E-state index contributed by atoms with van der Waals surface area (Å²) in [5.41, 5.74) is 2.75. The van der Waals surface area contributed by atoms with Gasteiger partial charge in [0.1, 0.15) is 0 Å². The van der Waals surface area contributed by atoms with Crippen molar-refractivity contribution in [3.05, 3.63) is 82.3 Å². The van der Waals surface area contributed by atoms with Crippen molar-refractivity contribution < 1.29 is 9.53 Å². The van der Waals surface area contributed by atoms with Crippen molar-refractivity contribution >= 4 is 39.2 Å². The highest BCUT2D eigenvalue weighted by atomic mass is 16.5. The molecule has 0 aromatic heterocycles. The number of fused-ring (bicyclic) bond motifs is 6. The highest BCUT2D eigenvalue weighted by Gasteiger charge is 2.23. The number of rotatable bonds is 2. The van der Waals surface area contributed by atoms with Gasteiger partial charge in [-0.1, -0.05) is 54.6 Å². The fourth-order valence-electron chi connectivity index (χ4n) is 3.91. The van der Waals surface area contributed by atoms with Crippen molar-refractivity contribution in [1.82, 2.24) is 0 Å². The van der Waals surface area contributed by atoms with Crippen LogP contribution in [0.1, 0.15) is 6.92 Å². The lowest BCUT2D eigenvalue weighted by atomic mass is 10.00. The highest BCUT2D eigenvalue weighted by molar-refractivity contribution is 6.11. The minimum absolute atomic E-state index is 0.248. The van der Waals surface area contributed by atoms with Crippen molar-refractivity contribution in [2.45, 2.75) is 6.92 Å². The van der Waals surface area contributed by atoms with Crippen LogP contribution in [-0.4, -0.2) is 12.6 Å². The molecule has 3 aromatic carbocycles. The lowest BCUT2D eigenvalue weighted by Gasteiger charge is -2.04. The molecule has 0 bridgehead atoms. The minimum Gasteiger partial charge on any atom is -0.462 e. The number of carbonyl (C=O) groups excluding carboxylic acids is 1. The Morgan fingerprint density at radius 1 is 0.880 bits per heavy atom. The van der Waals surface area contributed by atoms with E-state index >= 15 is 0 Å². The topological polar surface area (TPSA) is 26.3 Å². The van der Waals surface area contributed by atoms with E-state index in [0.717, 1.165) is 11.1 Å². The van der Waals surface area contributed by atoms with Gasteiger partial charge in [-0.25, -0.2) is 4.79 Å². The number of hydrogen-bond acceptors (Lipinski definition) is 2. The average Bonchev–Trinajstić information content (AvgIpc) is 3.20. The highest BCUT2D eigenvalue weighted by Crippen LogP contribution is 2.30. The molecule has 0 N–H and O–H groups in total. The maximum absolute atomic E-state index is 12.2. The van der Waals surface area contributed by atoms with E-state index in [1.807, 2.05) is 19.1 Å². The van der Waals surface area contributed by atoms with Crippen LogP contribution in [0.15, 0.2) is 71.8 Å². The van der Waals surface area contributed by atoms with E-state index < -0.39 is 0 Å². The fourth-order valence-corrected chi connectivity index (χ4v) is 3.91. The van der Waals surface area contributed by atoms with Crippen molar-refractivity contribution in [2.75, 3.05) is 6.61 Å². The molecule has 2 aliphatic rings. The summed E-state index contributed by atoms with van der Waals surface area (Å²) in [6.07, 6.45) is 6.03. The summed E-state index contributed by atoms with van der Waals surface area (Å²) >= 11 is 0. The van der Waals surface area contributed by atoms with Crippen LogP contribution in [0.5, 0.6) is 0 Å². The Morgan fingerprint density at radius 3 is 2.60 bits per heavy atom.